The Morgan fingerprint density at radius 1 is 1.33 bits per heavy atom. The fourth-order valence-corrected chi connectivity index (χ4v) is 3.90. The number of hydrogen-bond acceptors (Lipinski definition) is 7. The SMILES string of the molecule is C#CCCC1(CCN(C(=O)c2ccc(C(F)F)nc2)C(C(=O)NC2CC2)c2cc(OC)nn2C)N=N1. The van der Waals surface area contributed by atoms with Crippen molar-refractivity contribution in [3.05, 3.63) is 41.3 Å². The van der Waals surface area contributed by atoms with Gasteiger partial charge in [-0.25, -0.2) is 8.78 Å². The van der Waals surface area contributed by atoms with Gasteiger partial charge in [0.25, 0.3) is 12.3 Å². The van der Waals surface area contributed by atoms with E-state index in [4.69, 9.17) is 11.2 Å². The predicted molar refractivity (Wildman–Crippen MR) is 124 cm³/mol. The number of rotatable bonds is 12. The summed E-state index contributed by atoms with van der Waals surface area (Å²) in [4.78, 5) is 32.4. The van der Waals surface area contributed by atoms with Crippen molar-refractivity contribution in [3.63, 3.8) is 0 Å². The zero-order valence-electron chi connectivity index (χ0n) is 20.0. The highest BCUT2D eigenvalue weighted by atomic mass is 19.3. The molecule has 3 heterocycles. The molecule has 1 N–H and O–H groups in total. The second-order valence-corrected chi connectivity index (χ2v) is 8.83. The first-order chi connectivity index (χ1) is 17.3. The van der Waals surface area contributed by atoms with Crippen molar-refractivity contribution < 1.29 is 23.1 Å². The van der Waals surface area contributed by atoms with Gasteiger partial charge in [-0.2, -0.15) is 10.2 Å². The van der Waals surface area contributed by atoms with Gasteiger partial charge in [-0.15, -0.1) is 17.4 Å². The maximum absolute atomic E-state index is 13.7. The molecule has 0 aromatic carbocycles. The Morgan fingerprint density at radius 2 is 2.08 bits per heavy atom. The molecule has 0 spiro atoms. The number of amides is 2. The van der Waals surface area contributed by atoms with Gasteiger partial charge in [0.05, 0.1) is 18.4 Å². The van der Waals surface area contributed by atoms with Crippen LogP contribution in [0.4, 0.5) is 8.78 Å². The molecule has 1 unspecified atom stereocenters. The molecule has 1 fully saturated rings. The lowest BCUT2D eigenvalue weighted by atomic mass is 10.0. The van der Waals surface area contributed by atoms with Crippen LogP contribution in [0.3, 0.4) is 0 Å². The highest BCUT2D eigenvalue weighted by Crippen LogP contribution is 2.38. The number of nitrogens with one attached hydrogen (secondary N) is 1. The minimum absolute atomic E-state index is 0.0365. The first kappa shape index (κ1) is 25.2. The lowest BCUT2D eigenvalue weighted by Gasteiger charge is -2.31. The van der Waals surface area contributed by atoms with E-state index in [2.05, 4.69) is 31.5 Å². The van der Waals surface area contributed by atoms with Crippen molar-refractivity contribution in [1.29, 1.82) is 0 Å². The highest BCUT2D eigenvalue weighted by molar-refractivity contribution is 5.97. The lowest BCUT2D eigenvalue weighted by Crippen LogP contribution is -2.46. The molecule has 1 aliphatic heterocycles. The Morgan fingerprint density at radius 3 is 2.61 bits per heavy atom. The Balaban J connectivity index is 1.69. The van der Waals surface area contributed by atoms with Crippen molar-refractivity contribution >= 4 is 11.8 Å². The van der Waals surface area contributed by atoms with Gasteiger partial charge in [0.15, 0.2) is 11.7 Å². The summed E-state index contributed by atoms with van der Waals surface area (Å²) in [5.74, 6) is 1.92. The number of aromatic nitrogens is 3. The van der Waals surface area contributed by atoms with Crippen LogP contribution < -0.4 is 10.1 Å². The molecule has 2 aromatic rings. The maximum atomic E-state index is 13.7. The molecule has 36 heavy (non-hydrogen) atoms. The maximum Gasteiger partial charge on any atom is 0.280 e. The molecular weight excluding hydrogens is 472 g/mol. The number of terminal acetylenes is 1. The number of pyridine rings is 1. The van der Waals surface area contributed by atoms with Crippen LogP contribution in [0.2, 0.25) is 0 Å². The Bertz CT molecular complexity index is 1180. The molecule has 190 valence electrons. The minimum Gasteiger partial charge on any atom is -0.480 e. The highest BCUT2D eigenvalue weighted by Gasteiger charge is 2.43. The smallest absolute Gasteiger partial charge is 0.280 e. The number of ether oxygens (including phenoxy) is 1. The third-order valence-corrected chi connectivity index (χ3v) is 6.19. The second-order valence-electron chi connectivity index (χ2n) is 8.83. The third kappa shape index (κ3) is 5.67. The second kappa shape index (κ2) is 10.4. The lowest BCUT2D eigenvalue weighted by molar-refractivity contribution is -0.126. The molecule has 0 radical (unpaired) electrons. The quantitative estimate of drug-likeness (QED) is 0.451. The van der Waals surface area contributed by atoms with E-state index in [1.54, 1.807) is 13.1 Å². The van der Waals surface area contributed by atoms with E-state index >= 15 is 0 Å². The Labute approximate surface area is 207 Å². The van der Waals surface area contributed by atoms with Crippen LogP contribution in [0.1, 0.15) is 66.3 Å². The first-order valence-corrected chi connectivity index (χ1v) is 11.6. The van der Waals surface area contributed by atoms with E-state index in [1.165, 1.54) is 22.8 Å². The van der Waals surface area contributed by atoms with Crippen LogP contribution >= 0.6 is 0 Å². The fraction of sp³-hybridized carbons (Fsp3) is 0.500. The summed E-state index contributed by atoms with van der Waals surface area (Å²) in [5, 5.41) is 15.5. The molecule has 2 amide bonds. The molecule has 0 saturated heterocycles. The average Bonchev–Trinajstić information content (AvgIpc) is 3.80. The third-order valence-electron chi connectivity index (χ3n) is 6.19. The monoisotopic (exact) mass is 499 g/mol. The molecule has 0 bridgehead atoms. The molecule has 1 atom stereocenters. The van der Waals surface area contributed by atoms with Gasteiger partial charge in [-0.05, 0) is 25.0 Å². The van der Waals surface area contributed by atoms with E-state index in [0.29, 0.717) is 25.0 Å². The number of methoxy groups -OCH3 is 1. The zero-order valence-corrected chi connectivity index (χ0v) is 20.0. The predicted octanol–water partition coefficient (Wildman–Crippen LogP) is 3.19. The van der Waals surface area contributed by atoms with Crippen molar-refractivity contribution in [2.75, 3.05) is 13.7 Å². The van der Waals surface area contributed by atoms with E-state index in [1.807, 2.05) is 0 Å². The standard InChI is InChI=1S/C24H27F2N7O3/c1-4-5-10-24(30-31-24)11-12-33(23(35)15-6-9-17(21(25)26)27-14-15)20(22(34)28-16-7-8-16)18-13-19(36-3)29-32(18)2/h1,6,9,13-14,16,20-21H,5,7-8,10-12H2,2-3H3,(H,28,34). The van der Waals surface area contributed by atoms with E-state index in [9.17, 15) is 18.4 Å². The van der Waals surface area contributed by atoms with Crippen LogP contribution in [0.25, 0.3) is 0 Å². The van der Waals surface area contributed by atoms with Gasteiger partial charge in [-0.3, -0.25) is 19.3 Å². The molecule has 1 aliphatic carbocycles. The van der Waals surface area contributed by atoms with E-state index in [0.717, 1.165) is 25.1 Å². The van der Waals surface area contributed by atoms with Crippen LogP contribution in [0.5, 0.6) is 5.88 Å². The van der Waals surface area contributed by atoms with Crippen molar-refractivity contribution in [2.24, 2.45) is 17.3 Å². The number of nitrogens with zero attached hydrogens (tertiary/aromatic N) is 6. The van der Waals surface area contributed by atoms with Crippen LogP contribution in [-0.2, 0) is 11.8 Å². The topological polar surface area (TPSA) is 114 Å². The number of alkyl halides is 2. The molecular formula is C24H27F2N7O3. The van der Waals surface area contributed by atoms with Crippen molar-refractivity contribution in [3.8, 4) is 18.2 Å². The summed E-state index contributed by atoms with van der Waals surface area (Å²) in [6.45, 7) is 0.100. The van der Waals surface area contributed by atoms with Gasteiger partial charge >= 0.3 is 0 Å². The van der Waals surface area contributed by atoms with Crippen LogP contribution in [-0.4, -0.2) is 56.8 Å². The molecule has 4 rings (SSSR count). The van der Waals surface area contributed by atoms with E-state index < -0.39 is 29.7 Å². The van der Waals surface area contributed by atoms with Gasteiger partial charge in [0.1, 0.15) is 5.69 Å². The molecule has 12 heteroatoms. The normalized spacial score (nSPS) is 16.3. The van der Waals surface area contributed by atoms with Crippen molar-refractivity contribution in [1.82, 2.24) is 25.0 Å². The molecule has 2 aliphatic rings. The minimum atomic E-state index is -2.77. The van der Waals surface area contributed by atoms with Gasteiger partial charge in [0, 0.05) is 51.2 Å². The first-order valence-electron chi connectivity index (χ1n) is 11.6. The number of carbonyl (C=O) groups is 2. The summed E-state index contributed by atoms with van der Waals surface area (Å²) >= 11 is 0. The van der Waals surface area contributed by atoms with Gasteiger partial charge < -0.3 is 15.0 Å². The van der Waals surface area contributed by atoms with Crippen molar-refractivity contribution in [2.45, 2.75) is 56.3 Å². The van der Waals surface area contributed by atoms with E-state index in [-0.39, 0.29) is 29.9 Å². The van der Waals surface area contributed by atoms with Crippen LogP contribution in [0, 0.1) is 12.3 Å². The number of aryl methyl sites for hydroxylation is 1. The van der Waals surface area contributed by atoms with Gasteiger partial charge in [0.2, 0.25) is 11.8 Å². The summed E-state index contributed by atoms with van der Waals surface area (Å²) in [7, 11) is 3.10. The summed E-state index contributed by atoms with van der Waals surface area (Å²) in [6.07, 6.45) is 6.75. The molecule has 10 nitrogen and oxygen atoms in total. The Hall–Kier alpha value is -3.88. The number of carbonyl (C=O) groups excluding carboxylic acids is 2. The number of halogens is 2. The zero-order chi connectivity index (χ0) is 25.9. The summed E-state index contributed by atoms with van der Waals surface area (Å²) in [5.41, 5.74) is -0.649. The molecule has 2 aromatic heterocycles. The molecule has 1 saturated carbocycles. The summed E-state index contributed by atoms with van der Waals surface area (Å²) < 4.78 is 32.7. The largest absolute Gasteiger partial charge is 0.480 e. The fourth-order valence-electron chi connectivity index (χ4n) is 3.90. The summed E-state index contributed by atoms with van der Waals surface area (Å²) in [6, 6.07) is 2.94. The average molecular weight is 500 g/mol. The number of hydrogen-bond donors (Lipinski definition) is 1. The van der Waals surface area contributed by atoms with Crippen LogP contribution in [0.15, 0.2) is 34.6 Å². The Kier molecular flexibility index (Phi) is 7.28. The van der Waals surface area contributed by atoms with Gasteiger partial charge in [-0.1, -0.05) is 0 Å².